The molecule has 1 atom stereocenters. The van der Waals surface area contributed by atoms with Gasteiger partial charge in [0.2, 0.25) is 11.8 Å². The number of carbonyl (C=O) groups excluding carboxylic acids is 3. The molecule has 0 spiro atoms. The lowest BCUT2D eigenvalue weighted by Gasteiger charge is -2.28. The van der Waals surface area contributed by atoms with E-state index in [9.17, 15) is 24.3 Å². The number of aliphatic carboxylic acids is 1. The smallest absolute Gasteiger partial charge is 0.407 e. The molecule has 3 rings (SSSR count). The van der Waals surface area contributed by atoms with E-state index in [0.29, 0.717) is 0 Å². The van der Waals surface area contributed by atoms with Gasteiger partial charge >= 0.3 is 12.1 Å². The average Bonchev–Trinajstić information content (AvgIpc) is 3.18. The van der Waals surface area contributed by atoms with Crippen molar-refractivity contribution in [3.05, 3.63) is 59.7 Å². The second-order valence-corrected chi connectivity index (χ2v) is 8.18. The van der Waals surface area contributed by atoms with E-state index in [0.717, 1.165) is 22.3 Å². The van der Waals surface area contributed by atoms with Gasteiger partial charge in [0.1, 0.15) is 13.2 Å². The summed E-state index contributed by atoms with van der Waals surface area (Å²) >= 11 is 0. The Hall–Kier alpha value is -3.92. The summed E-state index contributed by atoms with van der Waals surface area (Å²) in [6, 6.07) is 15.9. The third-order valence-corrected chi connectivity index (χ3v) is 5.97. The molecule has 4 N–H and O–H groups in total. The maximum atomic E-state index is 12.2. The molecular formula is C25H29N3O7. The van der Waals surface area contributed by atoms with Crippen LogP contribution in [0.25, 0.3) is 11.1 Å². The van der Waals surface area contributed by atoms with Gasteiger partial charge < -0.3 is 30.5 Å². The molecular weight excluding hydrogens is 454 g/mol. The minimum Gasteiger partial charge on any atom is -0.479 e. The maximum Gasteiger partial charge on any atom is 0.407 e. The number of carbonyl (C=O) groups is 4. The fourth-order valence-electron chi connectivity index (χ4n) is 4.09. The summed E-state index contributed by atoms with van der Waals surface area (Å²) in [6.45, 7) is 0.633. The highest BCUT2D eigenvalue weighted by molar-refractivity contribution is 5.91. The SMILES string of the molecule is CCC(COC)(NC(=O)CNC(=O)CNC(=O)OCC1c2ccccc2-c2ccccc21)C(=O)O. The van der Waals surface area contributed by atoms with Crippen LogP contribution < -0.4 is 16.0 Å². The van der Waals surface area contributed by atoms with E-state index in [-0.39, 0.29) is 25.6 Å². The average molecular weight is 484 g/mol. The topological polar surface area (TPSA) is 143 Å². The van der Waals surface area contributed by atoms with E-state index in [4.69, 9.17) is 9.47 Å². The monoisotopic (exact) mass is 483 g/mol. The zero-order chi connectivity index (χ0) is 25.4. The number of amides is 3. The molecule has 0 fully saturated rings. The molecule has 3 amide bonds. The summed E-state index contributed by atoms with van der Waals surface area (Å²) in [5, 5.41) is 16.5. The lowest BCUT2D eigenvalue weighted by molar-refractivity contribution is -0.150. The first kappa shape index (κ1) is 25.7. The highest BCUT2D eigenvalue weighted by atomic mass is 16.5. The summed E-state index contributed by atoms with van der Waals surface area (Å²) < 4.78 is 10.3. The van der Waals surface area contributed by atoms with Crippen molar-refractivity contribution in [2.45, 2.75) is 24.8 Å². The van der Waals surface area contributed by atoms with Crippen LogP contribution in [0.4, 0.5) is 4.79 Å². The Bertz CT molecular complexity index is 1060. The van der Waals surface area contributed by atoms with Crippen molar-refractivity contribution in [3.8, 4) is 11.1 Å². The van der Waals surface area contributed by atoms with Gasteiger partial charge in [0.15, 0.2) is 5.54 Å². The number of methoxy groups -OCH3 is 1. The highest BCUT2D eigenvalue weighted by Crippen LogP contribution is 2.44. The van der Waals surface area contributed by atoms with E-state index in [1.165, 1.54) is 7.11 Å². The first-order chi connectivity index (χ1) is 16.8. The Kier molecular flexibility index (Phi) is 8.43. The Balaban J connectivity index is 1.45. The van der Waals surface area contributed by atoms with E-state index >= 15 is 0 Å². The molecule has 0 saturated heterocycles. The third kappa shape index (κ3) is 5.96. The van der Waals surface area contributed by atoms with E-state index in [1.807, 2.05) is 48.5 Å². The molecule has 1 aliphatic rings. The number of fused-ring (bicyclic) bond motifs is 3. The molecule has 0 saturated carbocycles. The lowest BCUT2D eigenvalue weighted by atomic mass is 9.97. The second kappa shape index (κ2) is 11.5. The molecule has 0 bridgehead atoms. The number of carboxylic acid groups (broad SMARTS) is 1. The molecule has 2 aromatic carbocycles. The molecule has 0 aromatic heterocycles. The van der Waals surface area contributed by atoms with Crippen LogP contribution in [0.3, 0.4) is 0 Å². The van der Waals surface area contributed by atoms with Gasteiger partial charge in [-0.05, 0) is 28.7 Å². The molecule has 1 unspecified atom stereocenters. The number of nitrogens with one attached hydrogen (secondary N) is 3. The summed E-state index contributed by atoms with van der Waals surface area (Å²) in [4.78, 5) is 47.9. The Morgan fingerprint density at radius 2 is 1.49 bits per heavy atom. The summed E-state index contributed by atoms with van der Waals surface area (Å²) in [6.07, 6.45) is -0.665. The minimum absolute atomic E-state index is 0.0964. The molecule has 1 aliphatic carbocycles. The van der Waals surface area contributed by atoms with Gasteiger partial charge in [-0.25, -0.2) is 9.59 Å². The molecule has 0 aliphatic heterocycles. The van der Waals surface area contributed by atoms with Gasteiger partial charge in [-0.2, -0.15) is 0 Å². The molecule has 2 aromatic rings. The van der Waals surface area contributed by atoms with Crippen LogP contribution in [0.2, 0.25) is 0 Å². The number of hydrogen-bond acceptors (Lipinski definition) is 6. The number of rotatable bonds is 11. The normalized spacial score (nSPS) is 13.7. The van der Waals surface area contributed by atoms with Crippen LogP contribution in [-0.2, 0) is 23.9 Å². The number of carboxylic acids is 1. The van der Waals surface area contributed by atoms with Gasteiger partial charge in [-0.1, -0.05) is 55.5 Å². The first-order valence-electron chi connectivity index (χ1n) is 11.2. The molecule has 10 nitrogen and oxygen atoms in total. The molecule has 0 radical (unpaired) electrons. The fraction of sp³-hybridized carbons (Fsp3) is 0.360. The maximum absolute atomic E-state index is 12.2. The van der Waals surface area contributed by atoms with Gasteiger partial charge in [-0.15, -0.1) is 0 Å². The number of alkyl carbamates (subject to hydrolysis) is 1. The molecule has 35 heavy (non-hydrogen) atoms. The van der Waals surface area contributed by atoms with Crippen molar-refractivity contribution < 1.29 is 33.8 Å². The van der Waals surface area contributed by atoms with Crippen LogP contribution in [0, 0.1) is 0 Å². The zero-order valence-corrected chi connectivity index (χ0v) is 19.6. The minimum atomic E-state index is -1.59. The van der Waals surface area contributed by atoms with E-state index in [2.05, 4.69) is 16.0 Å². The summed E-state index contributed by atoms with van der Waals surface area (Å²) in [5.41, 5.74) is 2.77. The zero-order valence-electron chi connectivity index (χ0n) is 19.6. The number of hydrogen-bond donors (Lipinski definition) is 4. The molecule has 186 valence electrons. The van der Waals surface area contributed by atoms with Crippen LogP contribution >= 0.6 is 0 Å². The van der Waals surface area contributed by atoms with Crippen LogP contribution in [0.5, 0.6) is 0 Å². The summed E-state index contributed by atoms with van der Waals surface area (Å²) in [5.74, 6) is -2.66. The van der Waals surface area contributed by atoms with Crippen molar-refractivity contribution in [3.63, 3.8) is 0 Å². The van der Waals surface area contributed by atoms with Crippen molar-refractivity contribution in [1.82, 2.24) is 16.0 Å². The van der Waals surface area contributed by atoms with Gasteiger partial charge in [0, 0.05) is 13.0 Å². The lowest BCUT2D eigenvalue weighted by Crippen LogP contribution is -2.59. The Morgan fingerprint density at radius 1 is 0.914 bits per heavy atom. The largest absolute Gasteiger partial charge is 0.479 e. The highest BCUT2D eigenvalue weighted by Gasteiger charge is 2.38. The predicted octanol–water partition coefficient (Wildman–Crippen LogP) is 1.64. The van der Waals surface area contributed by atoms with Gasteiger partial charge in [0.25, 0.3) is 0 Å². The third-order valence-electron chi connectivity index (χ3n) is 5.97. The predicted molar refractivity (Wildman–Crippen MR) is 127 cm³/mol. The van der Waals surface area contributed by atoms with Crippen LogP contribution in [0.1, 0.15) is 30.4 Å². The second-order valence-electron chi connectivity index (χ2n) is 8.18. The Labute approximate surface area is 203 Å². The molecule has 0 heterocycles. The fourth-order valence-corrected chi connectivity index (χ4v) is 4.09. The van der Waals surface area contributed by atoms with Crippen LogP contribution in [-0.4, -0.2) is 67.9 Å². The van der Waals surface area contributed by atoms with Gasteiger partial charge in [0.05, 0.1) is 13.2 Å². The standard InChI is InChI=1S/C25H29N3O7/c1-3-25(15-34-2,23(31)32)28-22(30)13-26-21(29)12-27-24(33)35-14-20-18-10-6-4-8-16(18)17-9-5-7-11-19(17)20/h4-11,20H,3,12-15H2,1-2H3,(H,26,29)(H,27,33)(H,28,30)(H,31,32). The summed E-state index contributed by atoms with van der Waals surface area (Å²) in [7, 11) is 1.33. The quantitative estimate of drug-likeness (QED) is 0.380. The first-order valence-corrected chi connectivity index (χ1v) is 11.2. The Morgan fingerprint density at radius 3 is 2.03 bits per heavy atom. The van der Waals surface area contributed by atoms with E-state index in [1.54, 1.807) is 6.92 Å². The van der Waals surface area contributed by atoms with Crippen molar-refractivity contribution in [1.29, 1.82) is 0 Å². The molecule has 10 heteroatoms. The van der Waals surface area contributed by atoms with Crippen molar-refractivity contribution >= 4 is 23.9 Å². The van der Waals surface area contributed by atoms with E-state index < -0.39 is 42.5 Å². The van der Waals surface area contributed by atoms with Crippen molar-refractivity contribution in [2.75, 3.05) is 33.4 Å². The van der Waals surface area contributed by atoms with Crippen molar-refractivity contribution in [2.24, 2.45) is 0 Å². The van der Waals surface area contributed by atoms with Crippen LogP contribution in [0.15, 0.2) is 48.5 Å². The number of ether oxygens (including phenoxy) is 2. The number of benzene rings is 2. The van der Waals surface area contributed by atoms with Gasteiger partial charge in [-0.3, -0.25) is 9.59 Å².